The largest absolute Gasteiger partial charge is 0.504 e. The molecule has 0 saturated heterocycles. The van der Waals surface area contributed by atoms with Gasteiger partial charge in [-0.2, -0.15) is 0 Å². The van der Waals surface area contributed by atoms with E-state index in [0.717, 1.165) is 18.4 Å². The van der Waals surface area contributed by atoms with Gasteiger partial charge in [0.05, 0.1) is 0 Å². The van der Waals surface area contributed by atoms with Gasteiger partial charge in [-0.1, -0.05) is 6.07 Å². The molecule has 1 aromatic rings. The zero-order valence-corrected chi connectivity index (χ0v) is 8.20. The molecule has 1 saturated carbocycles. The maximum Gasteiger partial charge on any atom is 0.157 e. The smallest absolute Gasteiger partial charge is 0.157 e. The molecule has 0 bridgehead atoms. The van der Waals surface area contributed by atoms with Gasteiger partial charge in [-0.25, -0.2) is 0 Å². The Labute approximate surface area is 83.2 Å². The van der Waals surface area contributed by atoms with E-state index < -0.39 is 0 Å². The molecule has 1 unspecified atom stereocenters. The lowest BCUT2D eigenvalue weighted by Gasteiger charge is -2.20. The minimum absolute atomic E-state index is 0.0329. The average molecular weight is 193 g/mol. The first-order valence-electron chi connectivity index (χ1n) is 4.84. The van der Waals surface area contributed by atoms with E-state index in [2.05, 4.69) is 0 Å². The fraction of sp³-hybridized carbons (Fsp3) is 0.455. The second-order valence-corrected chi connectivity index (χ2v) is 4.15. The Morgan fingerprint density at radius 1 is 1.29 bits per heavy atom. The van der Waals surface area contributed by atoms with Crippen molar-refractivity contribution < 1.29 is 10.2 Å². The zero-order valence-electron chi connectivity index (χ0n) is 8.20. The molecule has 1 fully saturated rings. The third-order valence-electron chi connectivity index (χ3n) is 3.21. The van der Waals surface area contributed by atoms with E-state index in [0.29, 0.717) is 0 Å². The second-order valence-electron chi connectivity index (χ2n) is 4.15. The molecule has 1 aromatic carbocycles. The molecule has 4 N–H and O–H groups in total. The summed E-state index contributed by atoms with van der Waals surface area (Å²) in [6, 6.07) is 5.07. The van der Waals surface area contributed by atoms with Crippen molar-refractivity contribution in [2.24, 2.45) is 5.73 Å². The van der Waals surface area contributed by atoms with Gasteiger partial charge in [0.2, 0.25) is 0 Å². The number of phenolic OH excluding ortho intramolecular Hbond substituents is 2. The summed E-state index contributed by atoms with van der Waals surface area (Å²) in [7, 11) is 0. The van der Waals surface area contributed by atoms with E-state index >= 15 is 0 Å². The first-order chi connectivity index (χ1) is 6.56. The van der Waals surface area contributed by atoms with Crippen LogP contribution >= 0.6 is 0 Å². The fourth-order valence-corrected chi connectivity index (χ4v) is 1.97. The molecule has 0 heterocycles. The Kier molecular flexibility index (Phi) is 1.93. The lowest BCUT2D eigenvalue weighted by molar-refractivity contribution is 0.401. The van der Waals surface area contributed by atoms with Crippen LogP contribution in [0.1, 0.15) is 25.3 Å². The van der Waals surface area contributed by atoms with Crippen LogP contribution in [0.2, 0.25) is 0 Å². The lowest BCUT2D eigenvalue weighted by Crippen LogP contribution is -2.31. The minimum atomic E-state index is -0.0748. The highest BCUT2D eigenvalue weighted by Crippen LogP contribution is 2.51. The van der Waals surface area contributed by atoms with Crippen LogP contribution in [0.4, 0.5) is 0 Å². The predicted molar refractivity (Wildman–Crippen MR) is 54.3 cm³/mol. The van der Waals surface area contributed by atoms with E-state index in [-0.39, 0.29) is 23.0 Å². The Morgan fingerprint density at radius 3 is 2.36 bits per heavy atom. The molecule has 14 heavy (non-hydrogen) atoms. The number of benzene rings is 1. The monoisotopic (exact) mass is 193 g/mol. The summed E-state index contributed by atoms with van der Waals surface area (Å²) in [5.74, 6) is -0.136. The van der Waals surface area contributed by atoms with E-state index in [4.69, 9.17) is 5.73 Å². The molecule has 0 radical (unpaired) electrons. The molecule has 76 valence electrons. The summed E-state index contributed by atoms with van der Waals surface area (Å²) in [5.41, 5.74) is 6.97. The van der Waals surface area contributed by atoms with Gasteiger partial charge in [-0.3, -0.25) is 0 Å². The molecule has 1 aliphatic rings. The van der Waals surface area contributed by atoms with Gasteiger partial charge in [0, 0.05) is 11.5 Å². The van der Waals surface area contributed by atoms with E-state index in [1.54, 1.807) is 6.07 Å². The van der Waals surface area contributed by atoms with Crippen LogP contribution in [0, 0.1) is 0 Å². The number of hydrogen-bond acceptors (Lipinski definition) is 3. The normalized spacial score (nSPS) is 20.4. The molecule has 0 aromatic heterocycles. The van der Waals surface area contributed by atoms with Crippen LogP contribution in [0.25, 0.3) is 0 Å². The summed E-state index contributed by atoms with van der Waals surface area (Å²) >= 11 is 0. The van der Waals surface area contributed by atoms with Gasteiger partial charge < -0.3 is 15.9 Å². The zero-order chi connectivity index (χ0) is 10.3. The third kappa shape index (κ3) is 1.24. The predicted octanol–water partition coefficient (Wildman–Crippen LogP) is 1.48. The first kappa shape index (κ1) is 9.34. The van der Waals surface area contributed by atoms with E-state index in [1.165, 1.54) is 6.07 Å². The van der Waals surface area contributed by atoms with Crippen LogP contribution < -0.4 is 5.73 Å². The number of rotatable bonds is 2. The molecule has 0 aliphatic heterocycles. The van der Waals surface area contributed by atoms with Gasteiger partial charge >= 0.3 is 0 Å². The highest BCUT2D eigenvalue weighted by Gasteiger charge is 2.47. The third-order valence-corrected chi connectivity index (χ3v) is 3.21. The Hall–Kier alpha value is -1.22. The quantitative estimate of drug-likeness (QED) is 0.623. The molecule has 1 atom stereocenters. The fourth-order valence-electron chi connectivity index (χ4n) is 1.97. The minimum Gasteiger partial charge on any atom is -0.504 e. The average Bonchev–Trinajstić information content (AvgIpc) is 2.90. The van der Waals surface area contributed by atoms with Crippen molar-refractivity contribution in [3.8, 4) is 11.5 Å². The van der Waals surface area contributed by atoms with Crippen molar-refractivity contribution in [2.75, 3.05) is 0 Å². The van der Waals surface area contributed by atoms with Crippen molar-refractivity contribution in [3.05, 3.63) is 23.8 Å². The SMILES string of the molecule is CC(N)C1(c2ccc(O)c(O)c2)CC1. The Morgan fingerprint density at radius 2 is 1.93 bits per heavy atom. The Bertz CT molecular complexity index is 356. The molecule has 3 nitrogen and oxygen atoms in total. The van der Waals surface area contributed by atoms with Crippen molar-refractivity contribution in [2.45, 2.75) is 31.2 Å². The second kappa shape index (κ2) is 2.89. The van der Waals surface area contributed by atoms with Crippen molar-refractivity contribution in [3.63, 3.8) is 0 Å². The number of nitrogens with two attached hydrogens (primary N) is 1. The molecule has 3 heteroatoms. The van der Waals surface area contributed by atoms with Crippen LogP contribution in [0.15, 0.2) is 18.2 Å². The summed E-state index contributed by atoms with van der Waals surface area (Å²) < 4.78 is 0. The maximum atomic E-state index is 9.38. The maximum absolute atomic E-state index is 9.38. The van der Waals surface area contributed by atoms with Crippen LogP contribution in [0.5, 0.6) is 11.5 Å². The summed E-state index contributed by atoms with van der Waals surface area (Å²) in [4.78, 5) is 0. The molecular weight excluding hydrogens is 178 g/mol. The van der Waals surface area contributed by atoms with Gasteiger partial charge in [0.25, 0.3) is 0 Å². The number of hydrogen-bond donors (Lipinski definition) is 3. The highest BCUT2D eigenvalue weighted by atomic mass is 16.3. The van der Waals surface area contributed by atoms with Gasteiger partial charge in [0.1, 0.15) is 0 Å². The van der Waals surface area contributed by atoms with Crippen LogP contribution in [-0.2, 0) is 5.41 Å². The van der Waals surface area contributed by atoms with E-state index in [1.807, 2.05) is 13.0 Å². The van der Waals surface area contributed by atoms with Crippen molar-refractivity contribution in [1.82, 2.24) is 0 Å². The highest BCUT2D eigenvalue weighted by molar-refractivity contribution is 5.45. The van der Waals surface area contributed by atoms with E-state index in [9.17, 15) is 10.2 Å². The molecule has 0 spiro atoms. The molecule has 0 amide bonds. The van der Waals surface area contributed by atoms with Gasteiger partial charge in [0.15, 0.2) is 11.5 Å². The molecular formula is C11H15NO2. The standard InChI is InChI=1S/C11H15NO2/c1-7(12)11(4-5-11)8-2-3-9(13)10(14)6-8/h2-3,6-7,13-14H,4-5,12H2,1H3. The molecule has 2 rings (SSSR count). The lowest BCUT2D eigenvalue weighted by atomic mass is 9.89. The Balaban J connectivity index is 2.38. The number of phenols is 2. The summed E-state index contributed by atoms with van der Waals surface area (Å²) in [6.45, 7) is 1.98. The van der Waals surface area contributed by atoms with Gasteiger partial charge in [-0.05, 0) is 37.5 Å². The van der Waals surface area contributed by atoms with Crippen molar-refractivity contribution >= 4 is 0 Å². The summed E-state index contributed by atoms with van der Waals surface area (Å²) in [6.07, 6.45) is 2.13. The summed E-state index contributed by atoms with van der Waals surface area (Å²) in [5, 5.41) is 18.6. The molecule has 1 aliphatic carbocycles. The van der Waals surface area contributed by atoms with Crippen molar-refractivity contribution in [1.29, 1.82) is 0 Å². The van der Waals surface area contributed by atoms with Crippen LogP contribution in [-0.4, -0.2) is 16.3 Å². The van der Waals surface area contributed by atoms with Gasteiger partial charge in [-0.15, -0.1) is 0 Å². The topological polar surface area (TPSA) is 66.5 Å². The first-order valence-corrected chi connectivity index (χ1v) is 4.84. The van der Waals surface area contributed by atoms with Crippen LogP contribution in [0.3, 0.4) is 0 Å². The number of aromatic hydroxyl groups is 2.